The molecule has 0 spiro atoms. The Morgan fingerprint density at radius 1 is 0.667 bits per heavy atom. The lowest BCUT2D eigenvalue weighted by molar-refractivity contribution is -0.890. The van der Waals surface area contributed by atoms with Crippen molar-refractivity contribution in [2.75, 3.05) is 48.5 Å². The highest BCUT2D eigenvalue weighted by molar-refractivity contribution is 4.56. The summed E-state index contributed by atoms with van der Waals surface area (Å²) in [6, 6.07) is 0. The molecule has 0 heterocycles. The number of unbranched alkanes of at least 4 members (excludes halogenated alkanes) is 7. The van der Waals surface area contributed by atoms with Crippen LogP contribution >= 0.6 is 0 Å². The quantitative estimate of drug-likeness (QED) is 0.235. The summed E-state index contributed by atoms with van der Waals surface area (Å²) in [6.45, 7) is 4.91. The van der Waals surface area contributed by atoms with E-state index in [-0.39, 0.29) is 5.48 Å². The summed E-state index contributed by atoms with van der Waals surface area (Å²) >= 11 is 0. The molecule has 0 aliphatic carbocycles. The first-order valence-corrected chi connectivity index (χ1v) is 9.42. The van der Waals surface area contributed by atoms with E-state index in [2.05, 4.69) is 21.0 Å². The molecule has 0 aliphatic heterocycles. The molecule has 0 radical (unpaired) electrons. The van der Waals surface area contributed by atoms with Gasteiger partial charge in [0.1, 0.15) is 0 Å². The average molecular weight is 350 g/mol. The van der Waals surface area contributed by atoms with Gasteiger partial charge in [-0.1, -0.05) is 39.0 Å². The van der Waals surface area contributed by atoms with Crippen molar-refractivity contribution in [1.29, 1.82) is 0 Å². The molecule has 0 aromatic heterocycles. The average Bonchev–Trinajstić information content (AvgIpc) is 2.55. The minimum Gasteiger partial charge on any atom is -0.870 e. The third-order valence-electron chi connectivity index (χ3n) is 4.80. The smallest absolute Gasteiger partial charge is 0.282 e. The maximum atomic E-state index is 5.31. The largest absolute Gasteiger partial charge is 0.870 e. The maximum Gasteiger partial charge on any atom is 0.282 e. The minimum atomic E-state index is -0.845. The van der Waals surface area contributed by atoms with Crippen LogP contribution in [-0.4, -0.2) is 64.4 Å². The molecule has 0 rings (SSSR count). The highest BCUT2D eigenvalue weighted by Gasteiger charge is 2.28. The molecule has 5 heteroatoms. The Morgan fingerprint density at radius 2 is 1.08 bits per heavy atom. The van der Waals surface area contributed by atoms with Gasteiger partial charge in [-0.2, -0.15) is 0 Å². The number of nitrogens with zero attached hydrogens (tertiary/aromatic N) is 1. The van der Waals surface area contributed by atoms with Gasteiger partial charge in [0.15, 0.2) is 0 Å². The summed E-state index contributed by atoms with van der Waals surface area (Å²) in [5.41, 5.74) is 0. The van der Waals surface area contributed by atoms with Crippen LogP contribution in [0.5, 0.6) is 0 Å². The summed E-state index contributed by atoms with van der Waals surface area (Å²) in [7, 11) is 9.63. The molecule has 0 fully saturated rings. The lowest BCUT2D eigenvalue weighted by atomic mass is 10.1. The number of rotatable bonds is 16. The fourth-order valence-corrected chi connectivity index (χ4v) is 3.02. The van der Waals surface area contributed by atoms with Gasteiger partial charge in [0, 0.05) is 27.8 Å². The van der Waals surface area contributed by atoms with Gasteiger partial charge >= 0.3 is 0 Å². The molecule has 0 unspecified atom stereocenters. The predicted molar refractivity (Wildman–Crippen MR) is 99.4 cm³/mol. The zero-order valence-electron chi connectivity index (χ0n) is 17.1. The molecule has 1 N–H and O–H groups in total. The van der Waals surface area contributed by atoms with Crippen LogP contribution in [0.2, 0.25) is 0 Å². The van der Waals surface area contributed by atoms with E-state index in [1.807, 2.05) is 0 Å². The fraction of sp³-hybridized carbons (Fsp3) is 1.00. The van der Waals surface area contributed by atoms with Crippen molar-refractivity contribution in [3.8, 4) is 0 Å². The van der Waals surface area contributed by atoms with Crippen molar-refractivity contribution < 1.29 is 24.2 Å². The first-order valence-electron chi connectivity index (χ1n) is 9.42. The molecule has 0 amide bonds. The van der Waals surface area contributed by atoms with Gasteiger partial charge in [-0.25, -0.2) is 0 Å². The molecular weight excluding hydrogens is 306 g/mol. The second-order valence-electron chi connectivity index (χ2n) is 7.26. The number of methoxy groups -OCH3 is 3. The van der Waals surface area contributed by atoms with Crippen molar-refractivity contribution in [3.63, 3.8) is 0 Å². The van der Waals surface area contributed by atoms with Crippen molar-refractivity contribution in [3.05, 3.63) is 0 Å². The van der Waals surface area contributed by atoms with Gasteiger partial charge in [0.05, 0.1) is 27.2 Å². The van der Waals surface area contributed by atoms with Crippen LogP contribution in [-0.2, 0) is 14.2 Å². The predicted octanol–water partition coefficient (Wildman–Crippen LogP) is 4.40. The van der Waals surface area contributed by atoms with Gasteiger partial charge in [-0.15, -0.1) is 0 Å². The van der Waals surface area contributed by atoms with Gasteiger partial charge in [-0.05, 0) is 25.7 Å². The summed E-state index contributed by atoms with van der Waals surface area (Å²) in [5, 5.41) is 0. The van der Waals surface area contributed by atoms with E-state index in [0.717, 1.165) is 12.8 Å². The SMILES string of the molecule is CCCC[N+](C)(C)CCCCCCCCCC(OC)(OC)OC.[OH-]. The van der Waals surface area contributed by atoms with E-state index in [4.69, 9.17) is 14.2 Å². The molecule has 0 aromatic rings. The molecule has 0 bridgehead atoms. The maximum absolute atomic E-state index is 5.31. The third-order valence-corrected chi connectivity index (χ3v) is 4.80. The van der Waals surface area contributed by atoms with E-state index < -0.39 is 5.97 Å². The van der Waals surface area contributed by atoms with Gasteiger partial charge in [0.25, 0.3) is 5.97 Å². The van der Waals surface area contributed by atoms with Gasteiger partial charge in [0.2, 0.25) is 0 Å². The molecule has 5 nitrogen and oxygen atoms in total. The van der Waals surface area contributed by atoms with E-state index in [1.165, 1.54) is 68.9 Å². The fourth-order valence-electron chi connectivity index (χ4n) is 3.02. The number of ether oxygens (including phenoxy) is 3. The molecule has 0 atom stereocenters. The van der Waals surface area contributed by atoms with Crippen molar-refractivity contribution in [2.45, 2.75) is 77.1 Å². The van der Waals surface area contributed by atoms with Crippen LogP contribution in [0.4, 0.5) is 0 Å². The van der Waals surface area contributed by atoms with Crippen molar-refractivity contribution in [2.24, 2.45) is 0 Å². The van der Waals surface area contributed by atoms with Crippen LogP contribution in [0.1, 0.15) is 71.1 Å². The monoisotopic (exact) mass is 349 g/mol. The Hall–Kier alpha value is -0.200. The Bertz CT molecular complexity index is 260. The molecule has 0 saturated heterocycles. The summed E-state index contributed by atoms with van der Waals surface area (Å²) in [5.74, 6) is -0.845. The number of hydrogen-bond donors (Lipinski definition) is 0. The highest BCUT2D eigenvalue weighted by Crippen LogP contribution is 2.21. The van der Waals surface area contributed by atoms with E-state index in [0.29, 0.717) is 0 Å². The highest BCUT2D eigenvalue weighted by atomic mass is 16.9. The Kier molecular flexibility index (Phi) is 16.4. The van der Waals surface area contributed by atoms with Crippen LogP contribution in [0.25, 0.3) is 0 Å². The lowest BCUT2D eigenvalue weighted by Gasteiger charge is -2.29. The molecular formula is C19H43NO4. The van der Waals surface area contributed by atoms with Crippen LogP contribution in [0.3, 0.4) is 0 Å². The zero-order chi connectivity index (χ0) is 17.6. The molecule has 0 aromatic carbocycles. The number of hydrogen-bond acceptors (Lipinski definition) is 4. The molecule has 148 valence electrons. The minimum absolute atomic E-state index is 0. The van der Waals surface area contributed by atoms with Crippen LogP contribution in [0, 0.1) is 0 Å². The van der Waals surface area contributed by atoms with E-state index in [1.54, 1.807) is 21.3 Å². The second kappa shape index (κ2) is 15.1. The van der Waals surface area contributed by atoms with Crippen LogP contribution in [0.15, 0.2) is 0 Å². The molecule has 24 heavy (non-hydrogen) atoms. The Balaban J connectivity index is 0. The third kappa shape index (κ3) is 12.2. The standard InChI is InChI=1S/C19H42NO3.H2O/c1-7-8-17-20(2,3)18-15-13-11-9-10-12-14-16-19(21-4,22-5)23-6;/h7-18H2,1-6H3;1H2/q+1;/p-1. The second-order valence-corrected chi connectivity index (χ2v) is 7.26. The molecule has 0 saturated carbocycles. The van der Waals surface area contributed by atoms with Crippen molar-refractivity contribution in [1.82, 2.24) is 0 Å². The van der Waals surface area contributed by atoms with Gasteiger partial charge < -0.3 is 24.2 Å². The summed E-state index contributed by atoms with van der Waals surface area (Å²) < 4.78 is 17.1. The summed E-state index contributed by atoms with van der Waals surface area (Å²) in [6.07, 6.45) is 12.5. The van der Waals surface area contributed by atoms with E-state index >= 15 is 0 Å². The molecule has 0 aliphatic rings. The lowest BCUT2D eigenvalue weighted by Crippen LogP contribution is -2.41. The van der Waals surface area contributed by atoms with Crippen molar-refractivity contribution >= 4 is 0 Å². The Labute approximate surface area is 150 Å². The van der Waals surface area contributed by atoms with Gasteiger partial charge in [-0.3, -0.25) is 0 Å². The number of quaternary nitrogens is 1. The zero-order valence-corrected chi connectivity index (χ0v) is 17.1. The Morgan fingerprint density at radius 3 is 1.54 bits per heavy atom. The topological polar surface area (TPSA) is 57.7 Å². The summed E-state index contributed by atoms with van der Waals surface area (Å²) in [4.78, 5) is 0. The first kappa shape index (κ1) is 26.0. The van der Waals surface area contributed by atoms with Crippen LogP contribution < -0.4 is 0 Å². The normalized spacial score (nSPS) is 12.2. The van der Waals surface area contributed by atoms with E-state index in [9.17, 15) is 0 Å². The first-order chi connectivity index (χ1) is 10.9.